The average Bonchev–Trinajstić information content (AvgIpc) is 2.68. The number of hydrogen-bond donors (Lipinski definition) is 2. The van der Waals surface area contributed by atoms with Gasteiger partial charge in [-0.2, -0.15) is 11.8 Å². The molecule has 7 heteroatoms. The van der Waals surface area contributed by atoms with Gasteiger partial charge in [0.15, 0.2) is 5.96 Å². The van der Waals surface area contributed by atoms with Gasteiger partial charge in [-0.05, 0) is 31.4 Å². The fourth-order valence-corrected chi connectivity index (χ4v) is 5.08. The van der Waals surface area contributed by atoms with Crippen molar-refractivity contribution in [3.63, 3.8) is 0 Å². The van der Waals surface area contributed by atoms with Gasteiger partial charge in [-0.15, -0.1) is 0 Å². The molecule has 1 unspecified atom stereocenters. The van der Waals surface area contributed by atoms with Crippen LogP contribution in [-0.2, 0) is 9.47 Å². The number of nitrogens with zero attached hydrogens (tertiary/aromatic N) is 2. The van der Waals surface area contributed by atoms with Crippen molar-refractivity contribution in [3.8, 4) is 0 Å². The van der Waals surface area contributed by atoms with E-state index in [1.807, 2.05) is 11.8 Å². The Morgan fingerprint density at radius 1 is 1.07 bits per heavy atom. The lowest BCUT2D eigenvalue weighted by Crippen LogP contribution is -2.52. The Hall–Kier alpha value is -0.500. The SMILES string of the molecule is CCNC(=NCC1(SCC)CCOCC1)NCC(C(C)C)N1CCOCC1. The van der Waals surface area contributed by atoms with Gasteiger partial charge in [-0.1, -0.05) is 20.8 Å². The maximum Gasteiger partial charge on any atom is 0.191 e. The maximum atomic E-state index is 5.59. The zero-order chi connectivity index (χ0) is 19.5. The van der Waals surface area contributed by atoms with Crippen LogP contribution < -0.4 is 10.6 Å². The summed E-state index contributed by atoms with van der Waals surface area (Å²) in [5.41, 5.74) is 0. The first-order valence-corrected chi connectivity index (χ1v) is 11.6. The van der Waals surface area contributed by atoms with E-state index in [-0.39, 0.29) is 4.75 Å². The van der Waals surface area contributed by atoms with Crippen molar-refractivity contribution in [1.82, 2.24) is 15.5 Å². The molecule has 0 amide bonds. The molecule has 2 saturated heterocycles. The molecule has 0 radical (unpaired) electrons. The lowest BCUT2D eigenvalue weighted by molar-refractivity contribution is 0.00752. The summed E-state index contributed by atoms with van der Waals surface area (Å²) in [6.45, 7) is 17.1. The number of morpholine rings is 1. The minimum atomic E-state index is 0.233. The van der Waals surface area contributed by atoms with Gasteiger partial charge in [0.1, 0.15) is 0 Å². The highest BCUT2D eigenvalue weighted by molar-refractivity contribution is 8.00. The second-order valence-corrected chi connectivity index (χ2v) is 9.50. The molecule has 2 heterocycles. The largest absolute Gasteiger partial charge is 0.381 e. The van der Waals surface area contributed by atoms with Gasteiger partial charge in [0, 0.05) is 50.2 Å². The fraction of sp³-hybridized carbons (Fsp3) is 0.950. The van der Waals surface area contributed by atoms with Gasteiger partial charge < -0.3 is 20.1 Å². The van der Waals surface area contributed by atoms with Crippen LogP contribution in [0.2, 0.25) is 0 Å². The van der Waals surface area contributed by atoms with Crippen molar-refractivity contribution in [2.24, 2.45) is 10.9 Å². The third kappa shape index (κ3) is 7.44. The van der Waals surface area contributed by atoms with Crippen LogP contribution in [-0.4, -0.2) is 86.6 Å². The number of guanidine groups is 1. The van der Waals surface area contributed by atoms with E-state index in [0.717, 1.165) is 83.7 Å². The van der Waals surface area contributed by atoms with Crippen molar-refractivity contribution in [2.75, 3.05) is 64.9 Å². The van der Waals surface area contributed by atoms with Crippen LogP contribution in [0.5, 0.6) is 0 Å². The van der Waals surface area contributed by atoms with Gasteiger partial charge in [0.25, 0.3) is 0 Å². The van der Waals surface area contributed by atoms with Crippen molar-refractivity contribution in [2.45, 2.75) is 51.3 Å². The van der Waals surface area contributed by atoms with Gasteiger partial charge in [0.05, 0.1) is 19.8 Å². The molecule has 158 valence electrons. The minimum Gasteiger partial charge on any atom is -0.381 e. The van der Waals surface area contributed by atoms with Gasteiger partial charge in [0.2, 0.25) is 0 Å². The Morgan fingerprint density at radius 2 is 1.74 bits per heavy atom. The molecule has 0 saturated carbocycles. The van der Waals surface area contributed by atoms with Crippen LogP contribution in [0.3, 0.4) is 0 Å². The zero-order valence-corrected chi connectivity index (χ0v) is 18.6. The van der Waals surface area contributed by atoms with Crippen molar-refractivity contribution in [3.05, 3.63) is 0 Å². The first-order chi connectivity index (χ1) is 13.1. The number of thioether (sulfide) groups is 1. The van der Waals surface area contributed by atoms with Gasteiger partial charge in [-0.3, -0.25) is 9.89 Å². The highest BCUT2D eigenvalue weighted by atomic mass is 32.2. The molecule has 2 N–H and O–H groups in total. The molecule has 0 aromatic heterocycles. The van der Waals surface area contributed by atoms with Crippen LogP contribution in [0.25, 0.3) is 0 Å². The number of hydrogen-bond acceptors (Lipinski definition) is 5. The first-order valence-electron chi connectivity index (χ1n) is 10.7. The number of rotatable bonds is 9. The predicted molar refractivity (Wildman–Crippen MR) is 116 cm³/mol. The normalized spacial score (nSPS) is 22.6. The lowest BCUT2D eigenvalue weighted by atomic mass is 9.99. The summed E-state index contributed by atoms with van der Waals surface area (Å²) < 4.78 is 11.3. The van der Waals surface area contributed by atoms with E-state index in [4.69, 9.17) is 14.5 Å². The Kier molecular flexibility index (Phi) is 10.2. The molecule has 0 bridgehead atoms. The molecule has 0 spiro atoms. The molecule has 27 heavy (non-hydrogen) atoms. The van der Waals surface area contributed by atoms with Crippen LogP contribution in [0, 0.1) is 5.92 Å². The standard InChI is InChI=1S/C20H40N4O2S/c1-5-21-19(23-16-20(27-6-2)7-11-25-12-8-20)22-15-18(17(3)4)24-9-13-26-14-10-24/h17-18H,5-16H2,1-4H3,(H2,21,22,23). The second-order valence-electron chi connectivity index (χ2n) is 7.76. The highest BCUT2D eigenvalue weighted by Crippen LogP contribution is 2.35. The summed E-state index contributed by atoms with van der Waals surface area (Å²) in [7, 11) is 0. The zero-order valence-electron chi connectivity index (χ0n) is 17.8. The van der Waals surface area contributed by atoms with E-state index in [1.165, 1.54) is 0 Å². The first kappa shape index (κ1) is 22.8. The summed E-state index contributed by atoms with van der Waals surface area (Å²) in [6, 6.07) is 0.500. The Bertz CT molecular complexity index is 430. The second kappa shape index (κ2) is 12.1. The fourth-order valence-electron chi connectivity index (χ4n) is 3.86. The molecule has 0 aromatic rings. The van der Waals surface area contributed by atoms with Crippen molar-refractivity contribution < 1.29 is 9.47 Å². The monoisotopic (exact) mass is 400 g/mol. The van der Waals surface area contributed by atoms with E-state index in [9.17, 15) is 0 Å². The predicted octanol–water partition coefficient (Wildman–Crippen LogP) is 2.20. The van der Waals surface area contributed by atoms with Crippen LogP contribution >= 0.6 is 11.8 Å². The van der Waals surface area contributed by atoms with E-state index < -0.39 is 0 Å². The molecule has 2 fully saturated rings. The molecular formula is C20H40N4O2S. The quantitative estimate of drug-likeness (QED) is 0.457. The lowest BCUT2D eigenvalue weighted by Gasteiger charge is -2.37. The van der Waals surface area contributed by atoms with E-state index >= 15 is 0 Å². The smallest absolute Gasteiger partial charge is 0.191 e. The maximum absolute atomic E-state index is 5.59. The molecule has 0 aliphatic carbocycles. The van der Waals surface area contributed by atoms with Crippen LogP contribution in [0.4, 0.5) is 0 Å². The van der Waals surface area contributed by atoms with E-state index in [0.29, 0.717) is 12.0 Å². The third-order valence-electron chi connectivity index (χ3n) is 5.49. The summed E-state index contributed by atoms with van der Waals surface area (Å²) in [4.78, 5) is 7.53. The molecule has 2 aliphatic heterocycles. The number of ether oxygens (including phenoxy) is 2. The Balaban J connectivity index is 1.96. The Labute approximate surface area is 170 Å². The number of aliphatic imine (C=N–C) groups is 1. The molecule has 2 aliphatic rings. The molecule has 1 atom stereocenters. The van der Waals surface area contributed by atoms with Crippen molar-refractivity contribution >= 4 is 17.7 Å². The third-order valence-corrected chi connectivity index (χ3v) is 6.93. The van der Waals surface area contributed by atoms with Crippen LogP contribution in [0.15, 0.2) is 4.99 Å². The highest BCUT2D eigenvalue weighted by Gasteiger charge is 2.32. The van der Waals surface area contributed by atoms with E-state index in [1.54, 1.807) is 0 Å². The van der Waals surface area contributed by atoms with Crippen molar-refractivity contribution in [1.29, 1.82) is 0 Å². The number of nitrogens with one attached hydrogen (secondary N) is 2. The average molecular weight is 401 g/mol. The topological polar surface area (TPSA) is 58.1 Å². The van der Waals surface area contributed by atoms with Crippen LogP contribution in [0.1, 0.15) is 40.5 Å². The Morgan fingerprint density at radius 3 is 2.33 bits per heavy atom. The molecule has 6 nitrogen and oxygen atoms in total. The summed E-state index contributed by atoms with van der Waals surface area (Å²) in [6.07, 6.45) is 2.19. The minimum absolute atomic E-state index is 0.233. The molecular weight excluding hydrogens is 360 g/mol. The van der Waals surface area contributed by atoms with Gasteiger partial charge >= 0.3 is 0 Å². The molecule has 2 rings (SSSR count). The summed E-state index contributed by atoms with van der Waals surface area (Å²) >= 11 is 2.05. The molecule has 0 aromatic carbocycles. The summed E-state index contributed by atoms with van der Waals surface area (Å²) in [5.74, 6) is 2.67. The van der Waals surface area contributed by atoms with E-state index in [2.05, 4.69) is 43.2 Å². The van der Waals surface area contributed by atoms with Gasteiger partial charge in [-0.25, -0.2) is 0 Å². The summed E-state index contributed by atoms with van der Waals surface area (Å²) in [5, 5.41) is 7.05.